The Hall–Kier alpha value is -0.620. The zero-order chi connectivity index (χ0) is 12.4. The fourth-order valence-corrected chi connectivity index (χ4v) is 3.06. The molecule has 17 heavy (non-hydrogen) atoms. The molecular formula is C11H14ClNO3S. The van der Waals surface area contributed by atoms with Crippen molar-refractivity contribution in [3.63, 3.8) is 0 Å². The minimum Gasteiger partial charge on any atom is -0.396 e. The maximum Gasteiger partial charge on any atom is 0.261 e. The molecule has 0 unspecified atom stereocenters. The molecule has 1 aromatic rings. The monoisotopic (exact) mass is 275 g/mol. The van der Waals surface area contributed by atoms with Crippen LogP contribution in [-0.2, 0) is 0 Å². The predicted molar refractivity (Wildman–Crippen MR) is 66.4 cm³/mol. The first-order valence-electron chi connectivity index (χ1n) is 5.45. The number of thiophene rings is 1. The summed E-state index contributed by atoms with van der Waals surface area (Å²) < 4.78 is 0.579. The van der Waals surface area contributed by atoms with Gasteiger partial charge in [0.25, 0.3) is 5.91 Å². The first-order chi connectivity index (χ1) is 8.10. The number of nitrogens with one attached hydrogen (secondary N) is 1. The van der Waals surface area contributed by atoms with Gasteiger partial charge in [-0.2, -0.15) is 0 Å². The summed E-state index contributed by atoms with van der Waals surface area (Å²) in [7, 11) is 0. The van der Waals surface area contributed by atoms with Crippen LogP contribution in [0.25, 0.3) is 0 Å². The van der Waals surface area contributed by atoms with Crippen LogP contribution in [0.15, 0.2) is 12.1 Å². The van der Waals surface area contributed by atoms with E-state index >= 15 is 0 Å². The summed E-state index contributed by atoms with van der Waals surface area (Å²) in [5, 5.41) is 21.5. The van der Waals surface area contributed by atoms with Gasteiger partial charge in [-0.15, -0.1) is 11.3 Å². The Morgan fingerprint density at radius 2 is 2.29 bits per heavy atom. The highest BCUT2D eigenvalue weighted by Crippen LogP contribution is 2.27. The Bertz CT molecular complexity index is 409. The number of aliphatic hydroxyl groups excluding tert-OH is 2. The third-order valence-electron chi connectivity index (χ3n) is 3.02. The molecule has 2 rings (SSSR count). The second-order valence-corrected chi connectivity index (χ2v) is 5.97. The molecule has 0 radical (unpaired) electrons. The third-order valence-corrected chi connectivity index (χ3v) is 4.25. The minimum atomic E-state index is -0.530. The molecule has 3 atom stereocenters. The van der Waals surface area contributed by atoms with Crippen LogP contribution in [0.1, 0.15) is 22.5 Å². The Morgan fingerprint density at radius 1 is 1.53 bits per heavy atom. The summed E-state index contributed by atoms with van der Waals surface area (Å²) in [6, 6.07) is 3.29. The van der Waals surface area contributed by atoms with Crippen molar-refractivity contribution in [1.82, 2.24) is 5.32 Å². The van der Waals surface area contributed by atoms with Crippen molar-refractivity contribution in [2.24, 2.45) is 5.92 Å². The van der Waals surface area contributed by atoms with E-state index in [9.17, 15) is 9.90 Å². The van der Waals surface area contributed by atoms with Gasteiger partial charge in [0, 0.05) is 18.6 Å². The van der Waals surface area contributed by atoms with Crippen LogP contribution in [0, 0.1) is 5.92 Å². The van der Waals surface area contributed by atoms with Gasteiger partial charge in [0.1, 0.15) is 0 Å². The van der Waals surface area contributed by atoms with Crippen molar-refractivity contribution in [1.29, 1.82) is 0 Å². The Labute approximate surface area is 108 Å². The van der Waals surface area contributed by atoms with Gasteiger partial charge in [-0.25, -0.2) is 0 Å². The second-order valence-electron chi connectivity index (χ2n) is 4.26. The average molecular weight is 276 g/mol. The molecule has 0 aliphatic heterocycles. The Morgan fingerprint density at radius 3 is 2.82 bits per heavy atom. The summed E-state index contributed by atoms with van der Waals surface area (Å²) in [6.07, 6.45) is 0.579. The number of hydrogen-bond acceptors (Lipinski definition) is 4. The average Bonchev–Trinajstić information content (AvgIpc) is 2.85. The van der Waals surface area contributed by atoms with Crippen LogP contribution >= 0.6 is 22.9 Å². The first kappa shape index (κ1) is 12.8. The van der Waals surface area contributed by atoms with Crippen LogP contribution in [0.2, 0.25) is 4.34 Å². The predicted octanol–water partition coefficient (Wildman–Crippen LogP) is 1.26. The zero-order valence-electron chi connectivity index (χ0n) is 9.10. The van der Waals surface area contributed by atoms with Crippen molar-refractivity contribution in [2.45, 2.75) is 25.0 Å². The molecule has 0 bridgehead atoms. The van der Waals surface area contributed by atoms with E-state index in [-0.39, 0.29) is 24.5 Å². The van der Waals surface area contributed by atoms with Gasteiger partial charge in [-0.1, -0.05) is 11.6 Å². The minimum absolute atomic E-state index is 0.0433. The molecular weight excluding hydrogens is 262 g/mol. The van der Waals surface area contributed by atoms with Crippen LogP contribution < -0.4 is 5.32 Å². The van der Waals surface area contributed by atoms with E-state index in [1.54, 1.807) is 12.1 Å². The molecule has 3 N–H and O–H groups in total. The molecule has 1 aliphatic carbocycles. The van der Waals surface area contributed by atoms with Gasteiger partial charge >= 0.3 is 0 Å². The van der Waals surface area contributed by atoms with E-state index in [0.717, 1.165) is 0 Å². The quantitative estimate of drug-likeness (QED) is 0.778. The SMILES string of the molecule is O=C(N[C@H]1C[C@@H](CO)[C@H](O)C1)c1ccc(Cl)s1. The summed E-state index contributed by atoms with van der Waals surface area (Å²) >= 11 is 6.98. The number of aliphatic hydroxyl groups is 2. The first-order valence-corrected chi connectivity index (χ1v) is 6.64. The van der Waals surface area contributed by atoms with Crippen molar-refractivity contribution in [3.8, 4) is 0 Å². The van der Waals surface area contributed by atoms with Gasteiger partial charge in [-0.3, -0.25) is 4.79 Å². The Kier molecular flexibility index (Phi) is 4.04. The fraction of sp³-hybridized carbons (Fsp3) is 0.545. The van der Waals surface area contributed by atoms with Crippen molar-refractivity contribution in [3.05, 3.63) is 21.3 Å². The standard InChI is InChI=1S/C11H14ClNO3S/c12-10-2-1-9(17-10)11(16)13-7-3-6(5-14)8(15)4-7/h1-2,6-8,14-15H,3-5H2,(H,13,16)/t6-,7-,8+/m0/s1. The van der Waals surface area contributed by atoms with E-state index in [2.05, 4.69) is 5.32 Å². The molecule has 1 saturated carbocycles. The normalized spacial score (nSPS) is 28.3. The fourth-order valence-electron chi connectivity index (χ4n) is 2.11. The van der Waals surface area contributed by atoms with Gasteiger partial charge < -0.3 is 15.5 Å². The van der Waals surface area contributed by atoms with Gasteiger partial charge in [0.2, 0.25) is 0 Å². The number of hydrogen-bond donors (Lipinski definition) is 3. The topological polar surface area (TPSA) is 69.6 Å². The van der Waals surface area contributed by atoms with E-state index in [1.165, 1.54) is 11.3 Å². The van der Waals surface area contributed by atoms with Crippen LogP contribution in [0.3, 0.4) is 0 Å². The smallest absolute Gasteiger partial charge is 0.261 e. The maximum atomic E-state index is 11.8. The van der Waals surface area contributed by atoms with E-state index in [4.69, 9.17) is 16.7 Å². The number of carbonyl (C=O) groups is 1. The Balaban J connectivity index is 1.92. The molecule has 0 aromatic carbocycles. The highest BCUT2D eigenvalue weighted by Gasteiger charge is 2.33. The molecule has 0 spiro atoms. The molecule has 1 fully saturated rings. The number of amides is 1. The molecule has 6 heteroatoms. The lowest BCUT2D eigenvalue weighted by atomic mass is 10.1. The summed E-state index contributed by atoms with van der Waals surface area (Å²) in [5.41, 5.74) is 0. The van der Waals surface area contributed by atoms with Gasteiger partial charge in [-0.05, 0) is 25.0 Å². The summed E-state index contributed by atoms with van der Waals surface area (Å²) in [5.74, 6) is -0.301. The molecule has 4 nitrogen and oxygen atoms in total. The van der Waals surface area contributed by atoms with Crippen molar-refractivity contribution >= 4 is 28.8 Å². The van der Waals surface area contributed by atoms with Gasteiger partial charge in [0.15, 0.2) is 0 Å². The van der Waals surface area contributed by atoms with Crippen LogP contribution in [-0.4, -0.2) is 34.9 Å². The lowest BCUT2D eigenvalue weighted by Crippen LogP contribution is -2.32. The lowest BCUT2D eigenvalue weighted by Gasteiger charge is -2.11. The molecule has 1 amide bonds. The number of rotatable bonds is 3. The highest BCUT2D eigenvalue weighted by atomic mass is 35.5. The molecule has 94 valence electrons. The molecule has 1 aromatic heterocycles. The summed E-state index contributed by atoms with van der Waals surface area (Å²) in [6.45, 7) is -0.0433. The third kappa shape index (κ3) is 2.98. The molecule has 1 aliphatic rings. The number of halogens is 1. The van der Waals surface area contributed by atoms with Crippen molar-refractivity contribution < 1.29 is 15.0 Å². The molecule has 1 heterocycles. The molecule has 0 saturated heterocycles. The second kappa shape index (κ2) is 5.35. The lowest BCUT2D eigenvalue weighted by molar-refractivity contribution is 0.0904. The van der Waals surface area contributed by atoms with Crippen molar-refractivity contribution in [2.75, 3.05) is 6.61 Å². The van der Waals surface area contributed by atoms with E-state index < -0.39 is 6.10 Å². The summed E-state index contributed by atoms with van der Waals surface area (Å²) in [4.78, 5) is 12.4. The zero-order valence-corrected chi connectivity index (χ0v) is 10.7. The van der Waals surface area contributed by atoms with Crippen LogP contribution in [0.4, 0.5) is 0 Å². The largest absolute Gasteiger partial charge is 0.396 e. The van der Waals surface area contributed by atoms with Gasteiger partial charge in [0.05, 0.1) is 15.3 Å². The van der Waals surface area contributed by atoms with E-state index in [1.807, 2.05) is 0 Å². The van der Waals surface area contributed by atoms with Crippen LogP contribution in [0.5, 0.6) is 0 Å². The maximum absolute atomic E-state index is 11.8. The van der Waals surface area contributed by atoms with E-state index in [0.29, 0.717) is 22.1 Å². The number of carbonyl (C=O) groups excluding carboxylic acids is 1. The highest BCUT2D eigenvalue weighted by molar-refractivity contribution is 7.17.